The second-order valence-corrected chi connectivity index (χ2v) is 7.96. The normalized spacial score (nSPS) is 31.1. The molecular formula is C12H23NO4S. The van der Waals surface area contributed by atoms with E-state index >= 15 is 0 Å². The van der Waals surface area contributed by atoms with Gasteiger partial charge in [-0.25, -0.2) is 8.42 Å². The fraction of sp³-hybridized carbons (Fsp3) is 1.00. The largest absolute Gasteiger partial charge is 0.379 e. The lowest BCUT2D eigenvalue weighted by Crippen LogP contribution is -2.46. The first-order valence-corrected chi connectivity index (χ1v) is 8.50. The summed E-state index contributed by atoms with van der Waals surface area (Å²) in [6.45, 7) is 0.631. The standard InChI is InChI=1S/C12H23NO4S/c14-13-12(5-2-1-3-6-12)7-4-11-10-17-8-9-18(11,15)16/h11,13-14H,1-10H2. The van der Waals surface area contributed by atoms with E-state index in [-0.39, 0.29) is 11.3 Å². The van der Waals surface area contributed by atoms with E-state index in [1.54, 1.807) is 0 Å². The van der Waals surface area contributed by atoms with Crippen LogP contribution in [0.2, 0.25) is 0 Å². The molecule has 0 aromatic rings. The van der Waals surface area contributed by atoms with E-state index in [2.05, 4.69) is 5.48 Å². The van der Waals surface area contributed by atoms with Gasteiger partial charge in [0.05, 0.1) is 24.2 Å². The summed E-state index contributed by atoms with van der Waals surface area (Å²) in [6.07, 6.45) is 6.54. The van der Waals surface area contributed by atoms with Crippen molar-refractivity contribution in [2.45, 2.75) is 55.7 Å². The van der Waals surface area contributed by atoms with E-state index in [4.69, 9.17) is 4.74 Å². The van der Waals surface area contributed by atoms with Crippen LogP contribution in [0.5, 0.6) is 0 Å². The Kier molecular flexibility index (Phi) is 4.64. The van der Waals surface area contributed by atoms with Crippen LogP contribution in [0, 0.1) is 0 Å². The van der Waals surface area contributed by atoms with Crippen molar-refractivity contribution in [3.05, 3.63) is 0 Å². The molecule has 0 bridgehead atoms. The quantitative estimate of drug-likeness (QED) is 0.757. The molecule has 0 spiro atoms. The fourth-order valence-corrected chi connectivity index (χ4v) is 4.47. The fourth-order valence-electron chi connectivity index (χ4n) is 3.01. The number of nitrogens with one attached hydrogen (secondary N) is 1. The van der Waals surface area contributed by atoms with Gasteiger partial charge in [-0.3, -0.25) is 0 Å². The Morgan fingerprint density at radius 2 is 2.00 bits per heavy atom. The van der Waals surface area contributed by atoms with Gasteiger partial charge in [0.2, 0.25) is 0 Å². The third-order valence-corrected chi connectivity index (χ3v) is 6.44. The van der Waals surface area contributed by atoms with Crippen LogP contribution in [0.4, 0.5) is 0 Å². The zero-order chi connectivity index (χ0) is 13.1. The summed E-state index contributed by atoms with van der Waals surface area (Å²) in [6, 6.07) is 0. The molecule has 1 aliphatic carbocycles. The molecule has 1 heterocycles. The van der Waals surface area contributed by atoms with Crippen molar-refractivity contribution in [3.63, 3.8) is 0 Å². The molecule has 1 atom stereocenters. The van der Waals surface area contributed by atoms with Gasteiger partial charge in [0.1, 0.15) is 0 Å². The van der Waals surface area contributed by atoms with E-state index in [9.17, 15) is 13.6 Å². The molecule has 0 aromatic heterocycles. The molecule has 1 aliphatic heterocycles. The monoisotopic (exact) mass is 277 g/mol. The van der Waals surface area contributed by atoms with Crippen LogP contribution in [-0.4, -0.2) is 43.4 Å². The summed E-state index contributed by atoms with van der Waals surface area (Å²) in [5, 5.41) is 8.98. The Morgan fingerprint density at radius 3 is 2.61 bits per heavy atom. The summed E-state index contributed by atoms with van der Waals surface area (Å²) in [5.41, 5.74) is 2.18. The average molecular weight is 277 g/mol. The van der Waals surface area contributed by atoms with E-state index in [0.29, 0.717) is 26.1 Å². The van der Waals surface area contributed by atoms with Crippen LogP contribution < -0.4 is 5.48 Å². The zero-order valence-electron chi connectivity index (χ0n) is 10.7. The Balaban J connectivity index is 1.93. The van der Waals surface area contributed by atoms with E-state index < -0.39 is 15.1 Å². The highest BCUT2D eigenvalue weighted by Gasteiger charge is 2.35. The molecule has 6 heteroatoms. The van der Waals surface area contributed by atoms with Crippen molar-refractivity contribution in [2.24, 2.45) is 0 Å². The second-order valence-electron chi connectivity index (χ2n) is 5.56. The van der Waals surface area contributed by atoms with Gasteiger partial charge in [0.15, 0.2) is 9.84 Å². The predicted octanol–water partition coefficient (Wildman–Crippen LogP) is 1.26. The maximum Gasteiger partial charge on any atom is 0.157 e. The maximum atomic E-state index is 11.9. The lowest BCUT2D eigenvalue weighted by molar-refractivity contribution is 0.0275. The molecule has 1 saturated heterocycles. The minimum absolute atomic E-state index is 0.136. The SMILES string of the molecule is O=S1(=O)CCOCC1CCC1(NO)CCCCC1. The summed E-state index contributed by atoms with van der Waals surface area (Å²) >= 11 is 0. The number of ether oxygens (including phenoxy) is 1. The highest BCUT2D eigenvalue weighted by atomic mass is 32.2. The summed E-state index contributed by atoms with van der Waals surface area (Å²) in [4.78, 5) is 0. The number of hydrogen-bond acceptors (Lipinski definition) is 5. The van der Waals surface area contributed by atoms with Gasteiger partial charge in [0.25, 0.3) is 0 Å². The molecule has 2 fully saturated rings. The highest BCUT2D eigenvalue weighted by molar-refractivity contribution is 7.92. The molecule has 2 rings (SSSR count). The van der Waals surface area contributed by atoms with E-state index in [1.807, 2.05) is 0 Å². The van der Waals surface area contributed by atoms with Crippen molar-refractivity contribution < 1.29 is 18.4 Å². The second kappa shape index (κ2) is 5.86. The minimum Gasteiger partial charge on any atom is -0.379 e. The first-order chi connectivity index (χ1) is 8.58. The highest BCUT2D eigenvalue weighted by Crippen LogP contribution is 2.33. The van der Waals surface area contributed by atoms with Crippen molar-refractivity contribution >= 4 is 9.84 Å². The number of hydrogen-bond donors (Lipinski definition) is 2. The lowest BCUT2D eigenvalue weighted by atomic mass is 9.79. The topological polar surface area (TPSA) is 75.6 Å². The van der Waals surface area contributed by atoms with Crippen LogP contribution in [-0.2, 0) is 14.6 Å². The molecule has 0 amide bonds. The Labute approximate surface area is 109 Å². The van der Waals surface area contributed by atoms with Crippen LogP contribution >= 0.6 is 0 Å². The van der Waals surface area contributed by atoms with E-state index in [0.717, 1.165) is 25.7 Å². The first kappa shape index (κ1) is 14.2. The Bertz CT molecular complexity index is 362. The molecule has 1 unspecified atom stereocenters. The van der Waals surface area contributed by atoms with Crippen LogP contribution in [0.3, 0.4) is 0 Å². The molecule has 1 saturated carbocycles. The van der Waals surface area contributed by atoms with E-state index in [1.165, 1.54) is 6.42 Å². The van der Waals surface area contributed by atoms with Gasteiger partial charge >= 0.3 is 0 Å². The van der Waals surface area contributed by atoms with Gasteiger partial charge in [-0.2, -0.15) is 5.48 Å². The predicted molar refractivity (Wildman–Crippen MR) is 68.4 cm³/mol. The summed E-state index contributed by atoms with van der Waals surface area (Å²) in [5.74, 6) is 0.136. The molecule has 18 heavy (non-hydrogen) atoms. The van der Waals surface area contributed by atoms with Crippen molar-refractivity contribution in [1.82, 2.24) is 5.48 Å². The van der Waals surface area contributed by atoms with Crippen molar-refractivity contribution in [3.8, 4) is 0 Å². The Hall–Kier alpha value is -0.170. The number of hydroxylamine groups is 1. The number of rotatable bonds is 4. The Morgan fingerprint density at radius 1 is 1.28 bits per heavy atom. The van der Waals surface area contributed by atoms with Crippen molar-refractivity contribution in [1.29, 1.82) is 0 Å². The van der Waals surface area contributed by atoms with Gasteiger partial charge in [0, 0.05) is 5.54 Å². The van der Waals surface area contributed by atoms with Crippen LogP contribution in [0.15, 0.2) is 0 Å². The lowest BCUT2D eigenvalue weighted by Gasteiger charge is -2.37. The molecule has 2 N–H and O–H groups in total. The maximum absolute atomic E-state index is 11.9. The third-order valence-electron chi connectivity index (χ3n) is 4.32. The molecule has 5 nitrogen and oxygen atoms in total. The van der Waals surface area contributed by atoms with Crippen molar-refractivity contribution in [2.75, 3.05) is 19.0 Å². The van der Waals surface area contributed by atoms with Gasteiger partial charge in [-0.15, -0.1) is 0 Å². The average Bonchev–Trinajstić information content (AvgIpc) is 2.38. The molecule has 106 valence electrons. The summed E-state index contributed by atoms with van der Waals surface area (Å²) < 4.78 is 29.0. The van der Waals surface area contributed by atoms with Gasteiger partial charge in [-0.05, 0) is 25.7 Å². The molecule has 0 aromatic carbocycles. The molecular weight excluding hydrogens is 254 g/mol. The molecule has 0 radical (unpaired) electrons. The summed E-state index contributed by atoms with van der Waals surface area (Å²) in [7, 11) is -2.99. The number of sulfone groups is 1. The minimum atomic E-state index is -2.99. The molecule has 2 aliphatic rings. The third kappa shape index (κ3) is 3.23. The van der Waals surface area contributed by atoms with Crippen LogP contribution in [0.25, 0.3) is 0 Å². The smallest absolute Gasteiger partial charge is 0.157 e. The first-order valence-electron chi connectivity index (χ1n) is 6.79. The van der Waals surface area contributed by atoms with Gasteiger partial charge in [-0.1, -0.05) is 19.3 Å². The zero-order valence-corrected chi connectivity index (χ0v) is 11.5. The van der Waals surface area contributed by atoms with Gasteiger partial charge < -0.3 is 9.94 Å². The van der Waals surface area contributed by atoms with Crippen LogP contribution in [0.1, 0.15) is 44.9 Å².